The maximum atomic E-state index is 11.9. The first-order chi connectivity index (χ1) is 13.7. The Kier molecular flexibility index (Phi) is 10.5. The summed E-state index contributed by atoms with van der Waals surface area (Å²) in [6.07, 6.45) is 2.35. The number of likely N-dealkylation sites (tertiary alicyclic amines) is 1. The number of ether oxygens (including phenoxy) is 1. The van der Waals surface area contributed by atoms with Gasteiger partial charge in [0.15, 0.2) is 5.96 Å². The van der Waals surface area contributed by atoms with Crippen molar-refractivity contribution in [1.82, 2.24) is 20.0 Å². The Labute approximate surface area is 195 Å². The van der Waals surface area contributed by atoms with Crippen LogP contribution in [0.4, 0.5) is 4.79 Å². The van der Waals surface area contributed by atoms with Crippen LogP contribution in [0.25, 0.3) is 0 Å². The third kappa shape index (κ3) is 6.71. The van der Waals surface area contributed by atoms with Crippen LogP contribution in [0.15, 0.2) is 22.5 Å². The lowest BCUT2D eigenvalue weighted by Gasteiger charge is -2.36. The standard InChI is InChI=1S/C20H33N5O2S.HI/c1-3-21-19(24-11-13-25(14-12-24)20(26)27-4-2)22-16-17(18-8-7-15-28-18)23-9-5-6-10-23;/h7-8,15,17H,3-6,9-14,16H2,1-2H3,(H,21,22);1H. The number of piperazine rings is 1. The molecule has 3 heterocycles. The Balaban J connectivity index is 0.00000300. The van der Waals surface area contributed by atoms with Crippen molar-refractivity contribution in [3.63, 3.8) is 0 Å². The minimum atomic E-state index is -0.212. The molecule has 0 bridgehead atoms. The molecule has 1 amide bonds. The summed E-state index contributed by atoms with van der Waals surface area (Å²) in [5.74, 6) is 0.951. The number of hydrogen-bond donors (Lipinski definition) is 1. The van der Waals surface area contributed by atoms with Crippen molar-refractivity contribution in [2.45, 2.75) is 32.7 Å². The molecule has 164 valence electrons. The van der Waals surface area contributed by atoms with Crippen molar-refractivity contribution in [3.05, 3.63) is 22.4 Å². The van der Waals surface area contributed by atoms with E-state index in [0.29, 0.717) is 25.7 Å². The fourth-order valence-electron chi connectivity index (χ4n) is 3.83. The molecular weight excluding hydrogens is 501 g/mol. The van der Waals surface area contributed by atoms with E-state index in [1.165, 1.54) is 17.7 Å². The topological polar surface area (TPSA) is 60.4 Å². The third-order valence-corrected chi connectivity index (χ3v) is 6.28. The van der Waals surface area contributed by atoms with Crippen LogP contribution >= 0.6 is 35.3 Å². The number of thiophene rings is 1. The fraction of sp³-hybridized carbons (Fsp3) is 0.700. The molecule has 0 radical (unpaired) electrons. The summed E-state index contributed by atoms with van der Waals surface area (Å²) in [7, 11) is 0. The number of aliphatic imine (C=N–C) groups is 1. The van der Waals surface area contributed by atoms with Crippen LogP contribution in [-0.2, 0) is 4.74 Å². The second-order valence-electron chi connectivity index (χ2n) is 7.14. The van der Waals surface area contributed by atoms with Gasteiger partial charge in [-0.1, -0.05) is 6.07 Å². The SMILES string of the molecule is CCNC(=NCC(c1cccs1)N1CCCC1)N1CCN(C(=O)OCC)CC1.I. The lowest BCUT2D eigenvalue weighted by atomic mass is 10.2. The molecule has 7 nitrogen and oxygen atoms in total. The summed E-state index contributed by atoms with van der Waals surface area (Å²) < 4.78 is 5.12. The Morgan fingerprint density at radius 1 is 1.17 bits per heavy atom. The van der Waals surface area contributed by atoms with Crippen LogP contribution in [0.3, 0.4) is 0 Å². The molecule has 9 heteroatoms. The van der Waals surface area contributed by atoms with Gasteiger partial charge in [0.25, 0.3) is 0 Å². The van der Waals surface area contributed by atoms with Crippen molar-refractivity contribution < 1.29 is 9.53 Å². The maximum absolute atomic E-state index is 11.9. The maximum Gasteiger partial charge on any atom is 0.409 e. The van der Waals surface area contributed by atoms with E-state index in [1.54, 1.807) is 4.90 Å². The highest BCUT2D eigenvalue weighted by Gasteiger charge is 2.26. The van der Waals surface area contributed by atoms with E-state index >= 15 is 0 Å². The van der Waals surface area contributed by atoms with Crippen molar-refractivity contribution in [1.29, 1.82) is 0 Å². The Hall–Kier alpha value is -1.07. The van der Waals surface area contributed by atoms with E-state index in [9.17, 15) is 4.79 Å². The zero-order valence-electron chi connectivity index (χ0n) is 17.5. The highest BCUT2D eigenvalue weighted by Crippen LogP contribution is 2.28. The fourth-order valence-corrected chi connectivity index (χ4v) is 4.69. The molecule has 2 saturated heterocycles. The third-order valence-electron chi connectivity index (χ3n) is 5.31. The van der Waals surface area contributed by atoms with Crippen LogP contribution in [-0.4, -0.2) is 85.7 Å². The molecule has 1 aromatic heterocycles. The normalized spacial score (nSPS) is 19.0. The molecule has 3 rings (SSSR count). The number of nitrogens with zero attached hydrogens (tertiary/aromatic N) is 4. The van der Waals surface area contributed by atoms with Crippen LogP contribution < -0.4 is 5.32 Å². The molecule has 2 aliphatic heterocycles. The summed E-state index contributed by atoms with van der Waals surface area (Å²) in [5, 5.41) is 5.59. The van der Waals surface area contributed by atoms with Gasteiger partial charge in [-0.25, -0.2) is 4.79 Å². The molecule has 1 aromatic rings. The van der Waals surface area contributed by atoms with Crippen LogP contribution in [0.2, 0.25) is 0 Å². The molecule has 2 fully saturated rings. The number of hydrogen-bond acceptors (Lipinski definition) is 5. The number of rotatable bonds is 6. The van der Waals surface area contributed by atoms with Crippen LogP contribution in [0, 0.1) is 0 Å². The van der Waals surface area contributed by atoms with Gasteiger partial charge >= 0.3 is 6.09 Å². The van der Waals surface area contributed by atoms with Crippen LogP contribution in [0.5, 0.6) is 0 Å². The van der Waals surface area contributed by atoms with Gasteiger partial charge in [-0.3, -0.25) is 9.89 Å². The zero-order valence-corrected chi connectivity index (χ0v) is 20.7. The van der Waals surface area contributed by atoms with Gasteiger partial charge in [-0.15, -0.1) is 35.3 Å². The highest BCUT2D eigenvalue weighted by atomic mass is 127. The molecule has 2 aliphatic rings. The Morgan fingerprint density at radius 2 is 1.86 bits per heavy atom. The Morgan fingerprint density at radius 3 is 2.45 bits per heavy atom. The lowest BCUT2D eigenvalue weighted by Crippen LogP contribution is -2.54. The average molecular weight is 535 g/mol. The molecule has 1 atom stereocenters. The summed E-state index contributed by atoms with van der Waals surface area (Å²) in [6.45, 7) is 11.2. The van der Waals surface area contributed by atoms with Gasteiger partial charge in [0.05, 0.1) is 19.2 Å². The van der Waals surface area contributed by atoms with E-state index in [1.807, 2.05) is 18.3 Å². The number of halogens is 1. The summed E-state index contributed by atoms with van der Waals surface area (Å²) in [6, 6.07) is 4.72. The molecule has 29 heavy (non-hydrogen) atoms. The number of carbonyl (C=O) groups excluding carboxylic acids is 1. The second kappa shape index (κ2) is 12.6. The number of nitrogens with one attached hydrogen (secondary N) is 1. The Bertz CT molecular complexity index is 629. The molecular formula is C20H34IN5O2S. The van der Waals surface area contributed by atoms with Gasteiger partial charge in [-0.05, 0) is 51.2 Å². The molecule has 1 unspecified atom stereocenters. The quantitative estimate of drug-likeness (QED) is 0.345. The zero-order chi connectivity index (χ0) is 19.8. The van der Waals surface area contributed by atoms with E-state index in [4.69, 9.17) is 9.73 Å². The van der Waals surface area contributed by atoms with E-state index in [0.717, 1.165) is 45.2 Å². The minimum Gasteiger partial charge on any atom is -0.450 e. The van der Waals surface area contributed by atoms with Gasteiger partial charge in [0.1, 0.15) is 0 Å². The van der Waals surface area contributed by atoms with E-state index in [2.05, 4.69) is 39.6 Å². The minimum absolute atomic E-state index is 0. The molecule has 0 aromatic carbocycles. The van der Waals surface area contributed by atoms with Crippen molar-refractivity contribution >= 4 is 47.4 Å². The predicted octanol–water partition coefficient (Wildman–Crippen LogP) is 3.24. The van der Waals surface area contributed by atoms with Crippen molar-refractivity contribution in [3.8, 4) is 0 Å². The van der Waals surface area contributed by atoms with Gasteiger partial charge in [0.2, 0.25) is 0 Å². The first-order valence-electron chi connectivity index (χ1n) is 10.4. The van der Waals surface area contributed by atoms with Crippen molar-refractivity contribution in [2.75, 3.05) is 59.0 Å². The molecule has 0 saturated carbocycles. The average Bonchev–Trinajstić information content (AvgIpc) is 3.42. The summed E-state index contributed by atoms with van der Waals surface area (Å²) >= 11 is 1.82. The number of guanidine groups is 1. The summed E-state index contributed by atoms with van der Waals surface area (Å²) in [4.78, 5) is 24.9. The van der Waals surface area contributed by atoms with E-state index < -0.39 is 0 Å². The van der Waals surface area contributed by atoms with Crippen molar-refractivity contribution in [2.24, 2.45) is 4.99 Å². The first kappa shape index (κ1) is 24.2. The van der Waals surface area contributed by atoms with Crippen LogP contribution in [0.1, 0.15) is 37.6 Å². The first-order valence-corrected chi connectivity index (χ1v) is 11.3. The second-order valence-corrected chi connectivity index (χ2v) is 8.12. The van der Waals surface area contributed by atoms with E-state index in [-0.39, 0.29) is 30.1 Å². The van der Waals surface area contributed by atoms with Gasteiger partial charge in [0, 0.05) is 37.6 Å². The van der Waals surface area contributed by atoms with Gasteiger partial charge in [-0.2, -0.15) is 0 Å². The molecule has 1 N–H and O–H groups in total. The molecule has 0 aliphatic carbocycles. The number of amides is 1. The smallest absolute Gasteiger partial charge is 0.409 e. The predicted molar refractivity (Wildman–Crippen MR) is 129 cm³/mol. The molecule has 0 spiro atoms. The van der Waals surface area contributed by atoms with Gasteiger partial charge < -0.3 is 19.9 Å². The monoisotopic (exact) mass is 535 g/mol. The number of carbonyl (C=O) groups is 1. The largest absolute Gasteiger partial charge is 0.450 e. The lowest BCUT2D eigenvalue weighted by molar-refractivity contribution is 0.0914. The summed E-state index contributed by atoms with van der Waals surface area (Å²) in [5.41, 5.74) is 0. The highest BCUT2D eigenvalue weighted by molar-refractivity contribution is 14.0.